The van der Waals surface area contributed by atoms with E-state index in [1.54, 1.807) is 0 Å². The number of carbonyl (C=O) groups is 1. The van der Waals surface area contributed by atoms with E-state index in [9.17, 15) is 4.79 Å². The van der Waals surface area contributed by atoms with E-state index >= 15 is 0 Å². The zero-order valence-corrected chi connectivity index (χ0v) is 12.7. The highest BCUT2D eigenvalue weighted by atomic mass is 16.5. The lowest BCUT2D eigenvalue weighted by molar-refractivity contribution is 0.0887. The van der Waals surface area contributed by atoms with E-state index < -0.39 is 0 Å². The Bertz CT molecular complexity index is 458. The van der Waals surface area contributed by atoms with Gasteiger partial charge in [-0.25, -0.2) is 0 Å². The Balaban J connectivity index is 2.08. The van der Waals surface area contributed by atoms with Crippen LogP contribution in [0, 0.1) is 11.8 Å². The second kappa shape index (κ2) is 6.78. The predicted molar refractivity (Wildman–Crippen MR) is 81.0 cm³/mol. The van der Waals surface area contributed by atoms with Gasteiger partial charge in [0.2, 0.25) is 0 Å². The molecule has 20 heavy (non-hydrogen) atoms. The van der Waals surface area contributed by atoms with Crippen molar-refractivity contribution in [2.45, 2.75) is 46.1 Å². The minimum Gasteiger partial charge on any atom is -0.493 e. The van der Waals surface area contributed by atoms with E-state index in [1.807, 2.05) is 31.2 Å². The van der Waals surface area contributed by atoms with Gasteiger partial charge in [0.15, 0.2) is 0 Å². The highest BCUT2D eigenvalue weighted by Crippen LogP contribution is 2.30. The average molecular weight is 275 g/mol. The molecule has 1 aliphatic carbocycles. The molecule has 1 aromatic rings. The Morgan fingerprint density at radius 2 is 2.05 bits per heavy atom. The molecule has 1 saturated carbocycles. The van der Waals surface area contributed by atoms with Gasteiger partial charge < -0.3 is 10.1 Å². The number of carbonyl (C=O) groups excluding carboxylic acids is 1. The van der Waals surface area contributed by atoms with E-state index in [2.05, 4.69) is 19.2 Å². The minimum absolute atomic E-state index is 0.0139. The monoisotopic (exact) mass is 275 g/mol. The Labute approximate surface area is 121 Å². The van der Waals surface area contributed by atoms with Crippen LogP contribution < -0.4 is 10.1 Å². The van der Waals surface area contributed by atoms with Gasteiger partial charge in [0.25, 0.3) is 5.91 Å². The lowest BCUT2D eigenvalue weighted by Gasteiger charge is -2.34. The summed E-state index contributed by atoms with van der Waals surface area (Å²) in [6.07, 6.45) is 3.54. The standard InChI is InChI=1S/C17H25NO2/c1-4-20-16-11-6-5-9-14(16)17(19)18-15-10-7-8-12(2)13(15)3/h5-6,9,11-13,15H,4,7-8,10H2,1-3H3,(H,18,19)/t12-,13+,15+/m0/s1. The highest BCUT2D eigenvalue weighted by Gasteiger charge is 2.28. The summed E-state index contributed by atoms with van der Waals surface area (Å²) in [4.78, 5) is 12.5. The van der Waals surface area contributed by atoms with Gasteiger partial charge in [-0.15, -0.1) is 0 Å². The SMILES string of the molecule is CCOc1ccccc1C(=O)N[C@@H]1CCC[C@H](C)[C@H]1C. The molecule has 0 spiro atoms. The second-order valence-corrected chi connectivity index (χ2v) is 5.78. The number of para-hydroxylation sites is 1. The predicted octanol–water partition coefficient (Wildman–Crippen LogP) is 3.64. The van der Waals surface area contributed by atoms with Crippen LogP contribution in [0.3, 0.4) is 0 Å². The van der Waals surface area contributed by atoms with Crippen LogP contribution in [0.25, 0.3) is 0 Å². The third-order valence-electron chi connectivity index (χ3n) is 4.45. The van der Waals surface area contributed by atoms with Crippen LogP contribution in [0.2, 0.25) is 0 Å². The fourth-order valence-electron chi connectivity index (χ4n) is 2.97. The number of benzene rings is 1. The van der Waals surface area contributed by atoms with E-state index in [0.717, 1.165) is 6.42 Å². The molecule has 0 radical (unpaired) electrons. The topological polar surface area (TPSA) is 38.3 Å². The van der Waals surface area contributed by atoms with Gasteiger partial charge >= 0.3 is 0 Å². The average Bonchev–Trinajstić information content (AvgIpc) is 2.45. The molecule has 0 unspecified atom stereocenters. The molecule has 3 nitrogen and oxygen atoms in total. The molecule has 1 N–H and O–H groups in total. The van der Waals surface area contributed by atoms with Crippen LogP contribution in [0.4, 0.5) is 0 Å². The molecule has 1 aliphatic rings. The summed E-state index contributed by atoms with van der Waals surface area (Å²) in [6.45, 7) is 7.01. The van der Waals surface area contributed by atoms with E-state index in [0.29, 0.717) is 29.8 Å². The maximum absolute atomic E-state index is 12.5. The van der Waals surface area contributed by atoms with Crippen molar-refractivity contribution in [1.82, 2.24) is 5.32 Å². The molecule has 3 heteroatoms. The molecular formula is C17H25NO2. The highest BCUT2D eigenvalue weighted by molar-refractivity contribution is 5.97. The number of hydrogen-bond donors (Lipinski definition) is 1. The summed E-state index contributed by atoms with van der Waals surface area (Å²) in [5, 5.41) is 3.20. The van der Waals surface area contributed by atoms with Gasteiger partial charge in [-0.2, -0.15) is 0 Å². The van der Waals surface area contributed by atoms with Gasteiger partial charge in [0, 0.05) is 6.04 Å². The van der Waals surface area contributed by atoms with Crippen LogP contribution in [-0.2, 0) is 0 Å². The number of amides is 1. The van der Waals surface area contributed by atoms with Crippen molar-refractivity contribution in [2.75, 3.05) is 6.61 Å². The summed E-state index contributed by atoms with van der Waals surface area (Å²) >= 11 is 0. The van der Waals surface area contributed by atoms with Crippen molar-refractivity contribution in [3.63, 3.8) is 0 Å². The fraction of sp³-hybridized carbons (Fsp3) is 0.588. The Kier molecular flexibility index (Phi) is 5.05. The van der Waals surface area contributed by atoms with Crippen molar-refractivity contribution >= 4 is 5.91 Å². The Hall–Kier alpha value is -1.51. The number of hydrogen-bond acceptors (Lipinski definition) is 2. The molecule has 0 bridgehead atoms. The first-order chi connectivity index (χ1) is 9.63. The fourth-order valence-corrected chi connectivity index (χ4v) is 2.97. The van der Waals surface area contributed by atoms with Crippen LogP contribution in [-0.4, -0.2) is 18.6 Å². The first-order valence-corrected chi connectivity index (χ1v) is 7.66. The summed E-state index contributed by atoms with van der Waals surface area (Å²) in [5.41, 5.74) is 0.639. The van der Waals surface area contributed by atoms with Gasteiger partial charge in [-0.3, -0.25) is 4.79 Å². The quantitative estimate of drug-likeness (QED) is 0.911. The second-order valence-electron chi connectivity index (χ2n) is 5.78. The molecule has 110 valence electrons. The van der Waals surface area contributed by atoms with Crippen LogP contribution in [0.15, 0.2) is 24.3 Å². The summed E-state index contributed by atoms with van der Waals surface area (Å²) in [6, 6.07) is 7.74. The maximum Gasteiger partial charge on any atom is 0.255 e. The molecule has 0 saturated heterocycles. The number of ether oxygens (including phenoxy) is 1. The zero-order chi connectivity index (χ0) is 14.5. The smallest absolute Gasteiger partial charge is 0.255 e. The molecule has 0 heterocycles. The maximum atomic E-state index is 12.5. The van der Waals surface area contributed by atoms with Gasteiger partial charge in [0.1, 0.15) is 5.75 Å². The molecule has 1 aromatic carbocycles. The number of nitrogens with one attached hydrogen (secondary N) is 1. The Morgan fingerprint density at radius 3 is 2.80 bits per heavy atom. The normalized spacial score (nSPS) is 26.1. The first-order valence-electron chi connectivity index (χ1n) is 7.66. The third kappa shape index (κ3) is 3.33. The molecule has 3 atom stereocenters. The van der Waals surface area contributed by atoms with Crippen molar-refractivity contribution in [2.24, 2.45) is 11.8 Å². The minimum atomic E-state index is -0.0139. The van der Waals surface area contributed by atoms with Crippen molar-refractivity contribution in [3.05, 3.63) is 29.8 Å². The zero-order valence-electron chi connectivity index (χ0n) is 12.7. The van der Waals surface area contributed by atoms with E-state index in [4.69, 9.17) is 4.74 Å². The Morgan fingerprint density at radius 1 is 1.30 bits per heavy atom. The molecule has 2 rings (SSSR count). The molecule has 0 aliphatic heterocycles. The summed E-state index contributed by atoms with van der Waals surface area (Å²) in [7, 11) is 0. The first kappa shape index (κ1) is 14.9. The molecular weight excluding hydrogens is 250 g/mol. The van der Waals surface area contributed by atoms with Gasteiger partial charge in [-0.1, -0.05) is 38.8 Å². The summed E-state index contributed by atoms with van der Waals surface area (Å²) in [5.74, 6) is 1.87. The van der Waals surface area contributed by atoms with Crippen molar-refractivity contribution in [3.8, 4) is 5.75 Å². The lowest BCUT2D eigenvalue weighted by Crippen LogP contribution is -2.43. The number of rotatable bonds is 4. The largest absolute Gasteiger partial charge is 0.493 e. The van der Waals surface area contributed by atoms with Crippen LogP contribution in [0.1, 0.15) is 50.4 Å². The molecule has 1 fully saturated rings. The van der Waals surface area contributed by atoms with Gasteiger partial charge in [-0.05, 0) is 37.3 Å². The van der Waals surface area contributed by atoms with Crippen LogP contribution >= 0.6 is 0 Å². The van der Waals surface area contributed by atoms with E-state index in [1.165, 1.54) is 12.8 Å². The summed E-state index contributed by atoms with van der Waals surface area (Å²) < 4.78 is 5.53. The van der Waals surface area contributed by atoms with E-state index in [-0.39, 0.29) is 11.9 Å². The van der Waals surface area contributed by atoms with Crippen LogP contribution in [0.5, 0.6) is 5.75 Å². The van der Waals surface area contributed by atoms with Crippen molar-refractivity contribution < 1.29 is 9.53 Å². The molecule has 1 amide bonds. The van der Waals surface area contributed by atoms with Crippen molar-refractivity contribution in [1.29, 1.82) is 0 Å². The molecule has 0 aromatic heterocycles. The van der Waals surface area contributed by atoms with Gasteiger partial charge in [0.05, 0.1) is 12.2 Å². The third-order valence-corrected chi connectivity index (χ3v) is 4.45. The lowest BCUT2D eigenvalue weighted by atomic mass is 9.78.